The lowest BCUT2D eigenvalue weighted by Crippen LogP contribution is -2.05. The number of nitrogens with zero attached hydrogens (tertiary/aromatic N) is 3. The van der Waals surface area contributed by atoms with Crippen LogP contribution < -0.4 is 10.5 Å². The Morgan fingerprint density at radius 1 is 1.29 bits per heavy atom. The molecule has 5 heteroatoms. The van der Waals surface area contributed by atoms with Gasteiger partial charge in [-0.15, -0.1) is 5.10 Å². The van der Waals surface area contributed by atoms with E-state index in [4.69, 9.17) is 10.5 Å². The van der Waals surface area contributed by atoms with Gasteiger partial charge in [0.1, 0.15) is 5.75 Å². The summed E-state index contributed by atoms with van der Waals surface area (Å²) in [5.74, 6) is 0.850. The van der Waals surface area contributed by atoms with Crippen molar-refractivity contribution in [2.75, 3.05) is 0 Å². The average molecular weight is 232 g/mol. The van der Waals surface area contributed by atoms with Gasteiger partial charge in [0.2, 0.25) is 0 Å². The summed E-state index contributed by atoms with van der Waals surface area (Å²) in [5.41, 5.74) is 7.19. The summed E-state index contributed by atoms with van der Waals surface area (Å²) < 4.78 is 7.26. The van der Waals surface area contributed by atoms with Gasteiger partial charge in [-0.05, 0) is 38.1 Å². The quantitative estimate of drug-likeness (QED) is 0.867. The van der Waals surface area contributed by atoms with E-state index in [-0.39, 0.29) is 6.10 Å². The van der Waals surface area contributed by atoms with E-state index in [0.29, 0.717) is 6.54 Å². The van der Waals surface area contributed by atoms with Crippen LogP contribution in [0.1, 0.15) is 19.5 Å². The molecule has 0 aliphatic rings. The van der Waals surface area contributed by atoms with Crippen molar-refractivity contribution in [3.05, 3.63) is 36.2 Å². The number of rotatable bonds is 4. The van der Waals surface area contributed by atoms with Gasteiger partial charge in [-0.3, -0.25) is 0 Å². The van der Waals surface area contributed by atoms with Crippen LogP contribution in [-0.4, -0.2) is 21.1 Å². The second kappa shape index (κ2) is 4.97. The van der Waals surface area contributed by atoms with Gasteiger partial charge >= 0.3 is 0 Å². The van der Waals surface area contributed by atoms with Gasteiger partial charge in [0.15, 0.2) is 0 Å². The molecule has 0 radical (unpaired) electrons. The van der Waals surface area contributed by atoms with Crippen molar-refractivity contribution in [3.63, 3.8) is 0 Å². The Morgan fingerprint density at radius 2 is 2.00 bits per heavy atom. The molecular formula is C12H16N4O. The molecule has 1 aromatic heterocycles. The summed E-state index contributed by atoms with van der Waals surface area (Å²) in [4.78, 5) is 0. The minimum Gasteiger partial charge on any atom is -0.491 e. The SMILES string of the molecule is CC(C)Oc1ccc(-n2cc(CN)nn2)cc1. The molecule has 2 rings (SSSR count). The van der Waals surface area contributed by atoms with E-state index in [2.05, 4.69) is 10.3 Å². The summed E-state index contributed by atoms with van der Waals surface area (Å²) in [7, 11) is 0. The van der Waals surface area contributed by atoms with Gasteiger partial charge in [-0.1, -0.05) is 5.21 Å². The van der Waals surface area contributed by atoms with E-state index >= 15 is 0 Å². The van der Waals surface area contributed by atoms with E-state index in [9.17, 15) is 0 Å². The Hall–Kier alpha value is -1.88. The lowest BCUT2D eigenvalue weighted by Gasteiger charge is -2.09. The molecule has 0 atom stereocenters. The van der Waals surface area contributed by atoms with Crippen LogP contribution in [0.3, 0.4) is 0 Å². The predicted octanol–water partition coefficient (Wildman–Crippen LogP) is 1.51. The summed E-state index contributed by atoms with van der Waals surface area (Å²) in [5, 5.41) is 7.93. The number of hydrogen-bond donors (Lipinski definition) is 1. The Kier molecular flexibility index (Phi) is 3.39. The Bertz CT molecular complexity index is 476. The topological polar surface area (TPSA) is 66.0 Å². The van der Waals surface area contributed by atoms with Gasteiger partial charge < -0.3 is 10.5 Å². The van der Waals surface area contributed by atoms with Crippen LogP contribution in [0.15, 0.2) is 30.5 Å². The highest BCUT2D eigenvalue weighted by Gasteiger charge is 2.02. The van der Waals surface area contributed by atoms with E-state index < -0.39 is 0 Å². The molecule has 0 bridgehead atoms. The first kappa shape index (κ1) is 11.6. The standard InChI is InChI=1S/C12H16N4O/c1-9(2)17-12-5-3-11(4-6-12)16-8-10(7-13)14-15-16/h3-6,8-9H,7,13H2,1-2H3. The van der Waals surface area contributed by atoms with Crippen molar-refractivity contribution in [2.45, 2.75) is 26.5 Å². The minimum absolute atomic E-state index is 0.177. The number of nitrogens with two attached hydrogens (primary N) is 1. The van der Waals surface area contributed by atoms with E-state index in [1.807, 2.05) is 44.3 Å². The van der Waals surface area contributed by atoms with Gasteiger partial charge in [-0.2, -0.15) is 0 Å². The van der Waals surface area contributed by atoms with E-state index in [0.717, 1.165) is 17.1 Å². The molecular weight excluding hydrogens is 216 g/mol. The molecule has 0 saturated heterocycles. The van der Waals surface area contributed by atoms with Crippen LogP contribution in [-0.2, 0) is 6.54 Å². The van der Waals surface area contributed by atoms with Crippen molar-refractivity contribution in [1.82, 2.24) is 15.0 Å². The Balaban J connectivity index is 2.17. The largest absolute Gasteiger partial charge is 0.491 e. The lowest BCUT2D eigenvalue weighted by molar-refractivity contribution is 0.242. The third kappa shape index (κ3) is 2.82. The summed E-state index contributed by atoms with van der Waals surface area (Å²) in [6.45, 7) is 4.40. The molecule has 90 valence electrons. The molecule has 1 aromatic carbocycles. The average Bonchev–Trinajstić information content (AvgIpc) is 2.78. The van der Waals surface area contributed by atoms with Crippen molar-refractivity contribution in [2.24, 2.45) is 5.73 Å². The first-order valence-corrected chi connectivity index (χ1v) is 5.57. The third-order valence-corrected chi connectivity index (χ3v) is 2.22. The monoisotopic (exact) mass is 232 g/mol. The summed E-state index contributed by atoms with van der Waals surface area (Å²) >= 11 is 0. The second-order valence-electron chi connectivity index (χ2n) is 4.02. The van der Waals surface area contributed by atoms with Crippen LogP contribution in [0, 0.1) is 0 Å². The highest BCUT2D eigenvalue weighted by molar-refractivity contribution is 5.36. The molecule has 0 fully saturated rings. The molecule has 5 nitrogen and oxygen atoms in total. The zero-order chi connectivity index (χ0) is 12.3. The fraction of sp³-hybridized carbons (Fsp3) is 0.333. The first-order chi connectivity index (χ1) is 8.19. The predicted molar refractivity (Wildman–Crippen MR) is 65.0 cm³/mol. The maximum atomic E-state index is 5.57. The van der Waals surface area contributed by atoms with Gasteiger partial charge in [0.25, 0.3) is 0 Å². The molecule has 1 heterocycles. The van der Waals surface area contributed by atoms with E-state index in [1.165, 1.54) is 0 Å². The van der Waals surface area contributed by atoms with Crippen LogP contribution in [0.4, 0.5) is 0 Å². The summed E-state index contributed by atoms with van der Waals surface area (Å²) in [6, 6.07) is 7.71. The molecule has 0 aliphatic carbocycles. The zero-order valence-corrected chi connectivity index (χ0v) is 10.00. The van der Waals surface area contributed by atoms with Gasteiger partial charge in [0, 0.05) is 6.54 Å². The third-order valence-electron chi connectivity index (χ3n) is 2.22. The van der Waals surface area contributed by atoms with Gasteiger partial charge in [0.05, 0.1) is 23.7 Å². The van der Waals surface area contributed by atoms with Crippen molar-refractivity contribution in [3.8, 4) is 11.4 Å². The van der Waals surface area contributed by atoms with Crippen LogP contribution in [0.25, 0.3) is 5.69 Å². The second-order valence-corrected chi connectivity index (χ2v) is 4.02. The van der Waals surface area contributed by atoms with E-state index in [1.54, 1.807) is 4.68 Å². The van der Waals surface area contributed by atoms with Crippen LogP contribution in [0.2, 0.25) is 0 Å². The molecule has 2 aromatic rings. The van der Waals surface area contributed by atoms with Crippen LogP contribution >= 0.6 is 0 Å². The van der Waals surface area contributed by atoms with Crippen molar-refractivity contribution < 1.29 is 4.74 Å². The molecule has 17 heavy (non-hydrogen) atoms. The lowest BCUT2D eigenvalue weighted by atomic mass is 10.3. The van der Waals surface area contributed by atoms with Crippen LogP contribution in [0.5, 0.6) is 5.75 Å². The molecule has 2 N–H and O–H groups in total. The fourth-order valence-corrected chi connectivity index (χ4v) is 1.47. The highest BCUT2D eigenvalue weighted by atomic mass is 16.5. The molecule has 0 spiro atoms. The maximum absolute atomic E-state index is 5.57. The molecule has 0 saturated carbocycles. The normalized spacial score (nSPS) is 10.8. The fourth-order valence-electron chi connectivity index (χ4n) is 1.47. The molecule has 0 unspecified atom stereocenters. The number of aromatic nitrogens is 3. The first-order valence-electron chi connectivity index (χ1n) is 5.57. The highest BCUT2D eigenvalue weighted by Crippen LogP contribution is 2.15. The van der Waals surface area contributed by atoms with Gasteiger partial charge in [-0.25, -0.2) is 4.68 Å². The summed E-state index contributed by atoms with van der Waals surface area (Å²) in [6.07, 6.45) is 1.99. The number of benzene rings is 1. The minimum atomic E-state index is 0.177. The molecule has 0 amide bonds. The molecule has 0 aliphatic heterocycles. The zero-order valence-electron chi connectivity index (χ0n) is 10.00. The van der Waals surface area contributed by atoms with Crippen molar-refractivity contribution >= 4 is 0 Å². The number of ether oxygens (including phenoxy) is 1. The number of hydrogen-bond acceptors (Lipinski definition) is 4. The van der Waals surface area contributed by atoms with Crippen molar-refractivity contribution in [1.29, 1.82) is 0 Å². The maximum Gasteiger partial charge on any atom is 0.119 e. The Morgan fingerprint density at radius 3 is 2.53 bits per heavy atom. The smallest absolute Gasteiger partial charge is 0.119 e. The Labute approximate surface area is 100 Å².